The van der Waals surface area contributed by atoms with E-state index in [-0.39, 0.29) is 29.2 Å². The SMILES string of the molecule is Cc1ccccc1CN(C)C(=O)CCNS(=O)(=O)c1ccc(C(C)(C)C)cc1. The topological polar surface area (TPSA) is 66.5 Å². The summed E-state index contributed by atoms with van der Waals surface area (Å²) in [5.74, 6) is -0.103. The van der Waals surface area contributed by atoms with Gasteiger partial charge in [0.1, 0.15) is 0 Å². The maximum atomic E-state index is 12.4. The van der Waals surface area contributed by atoms with E-state index < -0.39 is 10.0 Å². The van der Waals surface area contributed by atoms with Crippen LogP contribution in [0.2, 0.25) is 0 Å². The largest absolute Gasteiger partial charge is 0.341 e. The van der Waals surface area contributed by atoms with Gasteiger partial charge in [0.05, 0.1) is 4.90 Å². The first-order valence-electron chi connectivity index (χ1n) is 9.39. The number of aryl methyl sites for hydroxylation is 1. The van der Waals surface area contributed by atoms with Crippen molar-refractivity contribution in [2.45, 2.75) is 51.0 Å². The van der Waals surface area contributed by atoms with Crippen LogP contribution in [0.25, 0.3) is 0 Å². The number of hydrogen-bond acceptors (Lipinski definition) is 3. The molecule has 0 spiro atoms. The molecule has 152 valence electrons. The number of sulfonamides is 1. The molecule has 0 aliphatic carbocycles. The fraction of sp³-hybridized carbons (Fsp3) is 0.409. The minimum absolute atomic E-state index is 0.0379. The number of benzene rings is 2. The van der Waals surface area contributed by atoms with Crippen molar-refractivity contribution in [3.63, 3.8) is 0 Å². The predicted octanol–water partition coefficient (Wildman–Crippen LogP) is 3.62. The van der Waals surface area contributed by atoms with Gasteiger partial charge in [0.2, 0.25) is 15.9 Å². The van der Waals surface area contributed by atoms with Gasteiger partial charge < -0.3 is 4.90 Å². The molecule has 0 unspecified atom stereocenters. The number of carbonyl (C=O) groups is 1. The third kappa shape index (κ3) is 5.91. The number of nitrogens with zero attached hydrogens (tertiary/aromatic N) is 1. The molecule has 0 fully saturated rings. The number of nitrogens with one attached hydrogen (secondary N) is 1. The second-order valence-corrected chi connectivity index (χ2v) is 9.87. The van der Waals surface area contributed by atoms with Crippen molar-refractivity contribution >= 4 is 15.9 Å². The van der Waals surface area contributed by atoms with Crippen LogP contribution in [0, 0.1) is 6.92 Å². The Bertz CT molecular complexity index is 914. The predicted molar refractivity (Wildman–Crippen MR) is 113 cm³/mol. The van der Waals surface area contributed by atoms with Gasteiger partial charge >= 0.3 is 0 Å². The van der Waals surface area contributed by atoms with Crippen LogP contribution in [0.4, 0.5) is 0 Å². The van der Waals surface area contributed by atoms with Crippen molar-refractivity contribution < 1.29 is 13.2 Å². The molecule has 1 N–H and O–H groups in total. The minimum Gasteiger partial charge on any atom is -0.341 e. The van der Waals surface area contributed by atoms with Gasteiger partial charge in [0.25, 0.3) is 0 Å². The van der Waals surface area contributed by atoms with Crippen LogP contribution < -0.4 is 4.72 Å². The van der Waals surface area contributed by atoms with E-state index in [0.717, 1.165) is 16.7 Å². The van der Waals surface area contributed by atoms with Gasteiger partial charge in [-0.3, -0.25) is 4.79 Å². The molecule has 0 bridgehead atoms. The zero-order valence-corrected chi connectivity index (χ0v) is 18.1. The van der Waals surface area contributed by atoms with Crippen LogP contribution >= 0.6 is 0 Å². The highest BCUT2D eigenvalue weighted by atomic mass is 32.2. The van der Waals surface area contributed by atoms with E-state index in [1.54, 1.807) is 24.1 Å². The summed E-state index contributed by atoms with van der Waals surface area (Å²) in [6, 6.07) is 14.8. The molecule has 0 atom stereocenters. The quantitative estimate of drug-likeness (QED) is 0.769. The summed E-state index contributed by atoms with van der Waals surface area (Å²) in [4.78, 5) is 14.2. The monoisotopic (exact) mass is 402 g/mol. The Hall–Kier alpha value is -2.18. The fourth-order valence-corrected chi connectivity index (χ4v) is 3.86. The van der Waals surface area contributed by atoms with Crippen molar-refractivity contribution in [1.29, 1.82) is 0 Å². The zero-order valence-electron chi connectivity index (χ0n) is 17.3. The molecule has 2 aromatic carbocycles. The molecule has 5 nitrogen and oxygen atoms in total. The highest BCUT2D eigenvalue weighted by Crippen LogP contribution is 2.23. The lowest BCUT2D eigenvalue weighted by Crippen LogP contribution is -2.32. The number of rotatable bonds is 7. The van der Waals surface area contributed by atoms with E-state index in [1.807, 2.05) is 43.3 Å². The fourth-order valence-electron chi connectivity index (χ4n) is 2.83. The lowest BCUT2D eigenvalue weighted by Gasteiger charge is -2.19. The summed E-state index contributed by atoms with van der Waals surface area (Å²) >= 11 is 0. The summed E-state index contributed by atoms with van der Waals surface area (Å²) in [5, 5.41) is 0. The first-order valence-corrected chi connectivity index (χ1v) is 10.9. The smallest absolute Gasteiger partial charge is 0.240 e. The van der Waals surface area contributed by atoms with Crippen LogP contribution in [-0.4, -0.2) is 32.8 Å². The van der Waals surface area contributed by atoms with E-state index in [9.17, 15) is 13.2 Å². The Kier molecular flexibility index (Phi) is 7.01. The lowest BCUT2D eigenvalue weighted by atomic mass is 9.87. The maximum Gasteiger partial charge on any atom is 0.240 e. The van der Waals surface area contributed by atoms with Crippen LogP contribution in [0.1, 0.15) is 43.9 Å². The van der Waals surface area contributed by atoms with Gasteiger partial charge in [0, 0.05) is 26.6 Å². The highest BCUT2D eigenvalue weighted by Gasteiger charge is 2.18. The molecule has 2 rings (SSSR count). The first kappa shape index (κ1) is 22.1. The van der Waals surface area contributed by atoms with Gasteiger partial charge in [-0.15, -0.1) is 0 Å². The van der Waals surface area contributed by atoms with Crippen molar-refractivity contribution in [1.82, 2.24) is 9.62 Å². The first-order chi connectivity index (χ1) is 13.0. The van der Waals surface area contributed by atoms with Crippen molar-refractivity contribution in [2.24, 2.45) is 0 Å². The Balaban J connectivity index is 1.90. The molecule has 0 aromatic heterocycles. The average Bonchev–Trinajstić information content (AvgIpc) is 2.62. The number of hydrogen-bond donors (Lipinski definition) is 1. The van der Waals surface area contributed by atoms with Gasteiger partial charge in [-0.25, -0.2) is 13.1 Å². The van der Waals surface area contributed by atoms with Gasteiger partial charge in [-0.05, 0) is 41.2 Å². The summed E-state index contributed by atoms with van der Waals surface area (Å²) in [6.07, 6.45) is 0.113. The zero-order chi connectivity index (χ0) is 20.9. The molecule has 0 aliphatic heterocycles. The summed E-state index contributed by atoms with van der Waals surface area (Å²) in [6.45, 7) is 8.81. The molecule has 0 saturated heterocycles. The second kappa shape index (κ2) is 8.88. The van der Waals surface area contributed by atoms with Gasteiger partial charge in [-0.2, -0.15) is 0 Å². The molecule has 0 saturated carbocycles. The molecule has 2 aromatic rings. The van der Waals surface area contributed by atoms with Gasteiger partial charge in [-0.1, -0.05) is 57.2 Å². The maximum absolute atomic E-state index is 12.4. The van der Waals surface area contributed by atoms with E-state index in [4.69, 9.17) is 0 Å². The Morgan fingerprint density at radius 3 is 2.21 bits per heavy atom. The van der Waals surface area contributed by atoms with E-state index in [1.165, 1.54) is 0 Å². The molecular formula is C22H30N2O3S. The lowest BCUT2D eigenvalue weighted by molar-refractivity contribution is -0.130. The van der Waals surface area contributed by atoms with Crippen molar-refractivity contribution in [2.75, 3.05) is 13.6 Å². The minimum atomic E-state index is -3.63. The van der Waals surface area contributed by atoms with Crippen LogP contribution in [0.3, 0.4) is 0 Å². The third-order valence-electron chi connectivity index (χ3n) is 4.76. The summed E-state index contributed by atoms with van der Waals surface area (Å²) in [7, 11) is -1.90. The second-order valence-electron chi connectivity index (χ2n) is 8.10. The van der Waals surface area contributed by atoms with Crippen molar-refractivity contribution in [3.05, 3.63) is 65.2 Å². The summed E-state index contributed by atoms with van der Waals surface area (Å²) < 4.78 is 27.4. The van der Waals surface area contributed by atoms with Crippen LogP contribution in [0.15, 0.2) is 53.4 Å². The van der Waals surface area contributed by atoms with Crippen LogP contribution in [0.5, 0.6) is 0 Å². The highest BCUT2D eigenvalue weighted by molar-refractivity contribution is 7.89. The Morgan fingerprint density at radius 1 is 1.04 bits per heavy atom. The van der Waals surface area contributed by atoms with Gasteiger partial charge in [0.15, 0.2) is 0 Å². The molecule has 28 heavy (non-hydrogen) atoms. The summed E-state index contributed by atoms with van der Waals surface area (Å²) in [5.41, 5.74) is 3.24. The van der Waals surface area contributed by atoms with Crippen molar-refractivity contribution in [3.8, 4) is 0 Å². The van der Waals surface area contributed by atoms with E-state index in [0.29, 0.717) is 6.54 Å². The average molecular weight is 403 g/mol. The Labute approximate surface area is 168 Å². The number of amides is 1. The molecule has 1 amide bonds. The Morgan fingerprint density at radius 2 is 1.64 bits per heavy atom. The molecule has 6 heteroatoms. The molecule has 0 radical (unpaired) electrons. The van der Waals surface area contributed by atoms with E-state index in [2.05, 4.69) is 25.5 Å². The molecule has 0 aliphatic rings. The van der Waals surface area contributed by atoms with Crippen LogP contribution in [-0.2, 0) is 26.8 Å². The standard InChI is InChI=1S/C22H30N2O3S/c1-17-8-6-7-9-18(17)16-24(5)21(25)14-15-23-28(26,27)20-12-10-19(11-13-20)22(2,3)4/h6-13,23H,14-16H2,1-5H3. The molecule has 0 heterocycles. The number of carbonyl (C=O) groups excluding carboxylic acids is 1. The normalized spacial score (nSPS) is 12.0. The third-order valence-corrected chi connectivity index (χ3v) is 6.23. The van der Waals surface area contributed by atoms with E-state index >= 15 is 0 Å². The molecular weight excluding hydrogens is 372 g/mol.